The molecule has 0 radical (unpaired) electrons. The maximum atomic E-state index is 11.6. The summed E-state index contributed by atoms with van der Waals surface area (Å²) in [4.78, 5) is 2.93. The predicted octanol–water partition coefficient (Wildman–Crippen LogP) is 3.10. The number of likely N-dealkylation sites (tertiary alicyclic amines) is 1. The lowest BCUT2D eigenvalue weighted by molar-refractivity contribution is 0.208. The van der Waals surface area contributed by atoms with E-state index >= 15 is 0 Å². The highest BCUT2D eigenvalue weighted by Crippen LogP contribution is 2.28. The van der Waals surface area contributed by atoms with Crippen LogP contribution in [0.4, 0.5) is 0 Å². The van der Waals surface area contributed by atoms with E-state index < -0.39 is 9.84 Å². The molecule has 3 nitrogen and oxygen atoms in total. The van der Waals surface area contributed by atoms with Crippen LogP contribution in [0.15, 0.2) is 29.2 Å². The second-order valence-corrected chi connectivity index (χ2v) is 7.50. The summed E-state index contributed by atoms with van der Waals surface area (Å²) in [5, 5.41) is 0. The fourth-order valence-electron chi connectivity index (χ4n) is 2.85. The molecular formula is C15H24ClNO2S. The molecule has 0 spiro atoms. The van der Waals surface area contributed by atoms with Gasteiger partial charge >= 0.3 is 0 Å². The number of sulfone groups is 1. The average molecular weight is 318 g/mol. The van der Waals surface area contributed by atoms with Gasteiger partial charge < -0.3 is 4.90 Å². The number of halogens is 1. The van der Waals surface area contributed by atoms with Crippen LogP contribution in [0.5, 0.6) is 0 Å². The van der Waals surface area contributed by atoms with Gasteiger partial charge in [0.15, 0.2) is 9.84 Å². The maximum Gasteiger partial charge on any atom is 0.175 e. The van der Waals surface area contributed by atoms with Crippen LogP contribution in [0.3, 0.4) is 0 Å². The third-order valence-corrected chi connectivity index (χ3v) is 4.91. The first-order valence-corrected chi connectivity index (χ1v) is 8.92. The zero-order valence-electron chi connectivity index (χ0n) is 12.2. The Labute approximate surface area is 128 Å². The molecule has 1 fully saturated rings. The molecule has 2 rings (SSSR count). The third kappa shape index (κ3) is 4.47. The summed E-state index contributed by atoms with van der Waals surface area (Å²) in [5.41, 5.74) is 1.17. The molecule has 5 heteroatoms. The van der Waals surface area contributed by atoms with Crippen molar-refractivity contribution in [3.63, 3.8) is 0 Å². The average Bonchev–Trinajstić information content (AvgIpc) is 2.39. The topological polar surface area (TPSA) is 37.4 Å². The van der Waals surface area contributed by atoms with E-state index in [9.17, 15) is 8.42 Å². The van der Waals surface area contributed by atoms with E-state index in [0.717, 1.165) is 19.5 Å². The Bertz CT molecular complexity index is 528. The molecule has 1 atom stereocenters. The molecule has 0 unspecified atom stereocenters. The molecule has 1 aromatic carbocycles. The van der Waals surface area contributed by atoms with Crippen molar-refractivity contribution in [2.24, 2.45) is 0 Å². The van der Waals surface area contributed by atoms with Gasteiger partial charge in [-0.1, -0.05) is 19.1 Å². The monoisotopic (exact) mass is 317 g/mol. The Morgan fingerprint density at radius 3 is 2.75 bits per heavy atom. The summed E-state index contributed by atoms with van der Waals surface area (Å²) >= 11 is 0. The second kappa shape index (κ2) is 7.43. The second-order valence-electron chi connectivity index (χ2n) is 5.48. The molecule has 0 saturated carbocycles. The number of nitrogens with zero attached hydrogens (tertiary/aromatic N) is 1. The highest BCUT2D eigenvalue weighted by atomic mass is 35.5. The Balaban J connectivity index is 0.00000200. The maximum absolute atomic E-state index is 11.6. The van der Waals surface area contributed by atoms with Gasteiger partial charge in [0.2, 0.25) is 0 Å². The largest absolute Gasteiger partial charge is 0.303 e. The quantitative estimate of drug-likeness (QED) is 0.856. The Morgan fingerprint density at radius 2 is 2.10 bits per heavy atom. The molecule has 0 N–H and O–H groups in total. The van der Waals surface area contributed by atoms with E-state index in [1.807, 2.05) is 12.1 Å². The zero-order chi connectivity index (χ0) is 13.9. The zero-order valence-corrected chi connectivity index (χ0v) is 13.8. The lowest BCUT2D eigenvalue weighted by Gasteiger charge is -2.32. The van der Waals surface area contributed by atoms with Gasteiger partial charge in [0.1, 0.15) is 0 Å². The van der Waals surface area contributed by atoms with Crippen molar-refractivity contribution in [3.05, 3.63) is 29.8 Å². The summed E-state index contributed by atoms with van der Waals surface area (Å²) in [7, 11) is -3.10. The molecule has 1 aromatic rings. The highest BCUT2D eigenvalue weighted by Gasteiger charge is 2.21. The number of benzene rings is 1. The van der Waals surface area contributed by atoms with E-state index in [1.54, 1.807) is 6.07 Å². The van der Waals surface area contributed by atoms with Crippen LogP contribution in [0.2, 0.25) is 0 Å². The molecule has 1 saturated heterocycles. The summed E-state index contributed by atoms with van der Waals surface area (Å²) in [6.45, 7) is 5.58. The molecule has 1 aliphatic rings. The van der Waals surface area contributed by atoms with Crippen LogP contribution in [0.1, 0.15) is 37.7 Å². The molecule has 1 heterocycles. The smallest absolute Gasteiger partial charge is 0.175 e. The van der Waals surface area contributed by atoms with Crippen LogP contribution in [0, 0.1) is 0 Å². The van der Waals surface area contributed by atoms with Crippen LogP contribution < -0.4 is 0 Å². The van der Waals surface area contributed by atoms with Crippen molar-refractivity contribution in [1.29, 1.82) is 0 Å². The van der Waals surface area contributed by atoms with Crippen LogP contribution in [0.25, 0.3) is 0 Å². The first-order valence-electron chi connectivity index (χ1n) is 7.03. The lowest BCUT2D eigenvalue weighted by Crippen LogP contribution is -2.34. The molecule has 114 valence electrons. The summed E-state index contributed by atoms with van der Waals surface area (Å²) in [6.07, 6.45) is 4.81. The van der Waals surface area contributed by atoms with Gasteiger partial charge in [-0.05, 0) is 56.0 Å². The first-order chi connectivity index (χ1) is 9.00. The molecule has 20 heavy (non-hydrogen) atoms. The minimum Gasteiger partial charge on any atom is -0.303 e. The normalized spacial score (nSPS) is 20.4. The minimum absolute atomic E-state index is 0. The summed E-state index contributed by atoms with van der Waals surface area (Å²) < 4.78 is 23.2. The molecule has 0 aliphatic carbocycles. The Hall–Kier alpha value is -0.580. The van der Waals surface area contributed by atoms with Gasteiger partial charge in [0.05, 0.1) is 4.90 Å². The van der Waals surface area contributed by atoms with Gasteiger partial charge in [0.25, 0.3) is 0 Å². The molecular weight excluding hydrogens is 294 g/mol. The van der Waals surface area contributed by atoms with Gasteiger partial charge in [-0.15, -0.1) is 12.4 Å². The molecule has 0 aromatic heterocycles. The van der Waals surface area contributed by atoms with Gasteiger partial charge in [-0.3, -0.25) is 0 Å². The third-order valence-electron chi connectivity index (χ3n) is 3.80. The van der Waals surface area contributed by atoms with Crippen molar-refractivity contribution >= 4 is 22.2 Å². The number of hydrogen-bond donors (Lipinski definition) is 0. The SMILES string of the molecule is CCCN1CCC[C@@H](c2cccc(S(C)(=O)=O)c2)C1.Cl. The van der Waals surface area contributed by atoms with E-state index in [1.165, 1.54) is 31.2 Å². The standard InChI is InChI=1S/C15H23NO2S.ClH/c1-3-9-16-10-5-7-14(12-16)13-6-4-8-15(11-13)19(2,17)18;/h4,6,8,11,14H,3,5,7,9-10,12H2,1-2H3;1H/t14-;/m1./s1. The van der Waals surface area contributed by atoms with Crippen LogP contribution in [-0.4, -0.2) is 39.2 Å². The van der Waals surface area contributed by atoms with Crippen LogP contribution in [-0.2, 0) is 9.84 Å². The summed E-state index contributed by atoms with van der Waals surface area (Å²) in [6, 6.07) is 7.47. The fraction of sp³-hybridized carbons (Fsp3) is 0.600. The van der Waals surface area contributed by atoms with Crippen molar-refractivity contribution in [2.75, 3.05) is 25.9 Å². The molecule has 1 aliphatic heterocycles. The van der Waals surface area contributed by atoms with Crippen molar-refractivity contribution < 1.29 is 8.42 Å². The summed E-state index contributed by atoms with van der Waals surface area (Å²) in [5.74, 6) is 0.474. The minimum atomic E-state index is -3.10. The number of hydrogen-bond acceptors (Lipinski definition) is 3. The first kappa shape index (κ1) is 17.5. The Morgan fingerprint density at radius 1 is 1.35 bits per heavy atom. The van der Waals surface area contributed by atoms with Gasteiger partial charge in [-0.25, -0.2) is 8.42 Å². The highest BCUT2D eigenvalue weighted by molar-refractivity contribution is 7.90. The van der Waals surface area contributed by atoms with E-state index in [4.69, 9.17) is 0 Å². The molecule has 0 bridgehead atoms. The fourth-order valence-corrected chi connectivity index (χ4v) is 3.52. The van der Waals surface area contributed by atoms with Crippen molar-refractivity contribution in [2.45, 2.75) is 37.0 Å². The van der Waals surface area contributed by atoms with E-state index in [0.29, 0.717) is 10.8 Å². The van der Waals surface area contributed by atoms with Crippen molar-refractivity contribution in [1.82, 2.24) is 4.90 Å². The van der Waals surface area contributed by atoms with Crippen molar-refractivity contribution in [3.8, 4) is 0 Å². The van der Waals surface area contributed by atoms with Gasteiger partial charge in [-0.2, -0.15) is 0 Å². The van der Waals surface area contributed by atoms with E-state index in [2.05, 4.69) is 17.9 Å². The van der Waals surface area contributed by atoms with Crippen LogP contribution >= 0.6 is 12.4 Å². The lowest BCUT2D eigenvalue weighted by atomic mass is 9.90. The van der Waals surface area contributed by atoms with E-state index in [-0.39, 0.29) is 12.4 Å². The Kier molecular flexibility index (Phi) is 6.49. The van der Waals surface area contributed by atoms with Gasteiger partial charge in [0, 0.05) is 12.8 Å². The predicted molar refractivity (Wildman–Crippen MR) is 85.5 cm³/mol. The number of rotatable bonds is 4. The number of piperidine rings is 1. The molecule has 0 amide bonds.